The molecule has 0 aliphatic carbocycles. The minimum atomic E-state index is 0.830. The van der Waals surface area contributed by atoms with E-state index in [1.165, 1.54) is 0 Å². The van der Waals surface area contributed by atoms with Crippen molar-refractivity contribution in [2.24, 2.45) is 0 Å². The van der Waals surface area contributed by atoms with Crippen LogP contribution in [0.2, 0.25) is 0 Å². The Morgan fingerprint density at radius 2 is 2.07 bits per heavy atom. The molecule has 4 heteroatoms. The van der Waals surface area contributed by atoms with Gasteiger partial charge in [-0.15, -0.1) is 5.10 Å². The Bertz CT molecular complexity index is 397. The van der Waals surface area contributed by atoms with Gasteiger partial charge in [-0.05, 0) is 17.9 Å². The van der Waals surface area contributed by atoms with Crippen molar-refractivity contribution >= 4 is 11.8 Å². The molecule has 3 nitrogen and oxygen atoms in total. The van der Waals surface area contributed by atoms with E-state index in [-0.39, 0.29) is 0 Å². The van der Waals surface area contributed by atoms with E-state index < -0.39 is 0 Å². The number of rotatable bonds is 3. The second-order valence-electron chi connectivity index (χ2n) is 2.74. The van der Waals surface area contributed by atoms with Crippen LogP contribution in [0.25, 0.3) is 5.69 Å². The lowest BCUT2D eigenvalue weighted by molar-refractivity contribution is 0.835. The molecule has 72 valence electrons. The lowest BCUT2D eigenvalue weighted by Gasteiger charge is -1.97. The largest absolute Gasteiger partial charge is 0.220 e. The summed E-state index contributed by atoms with van der Waals surface area (Å²) < 4.78 is 1.79. The molecule has 14 heavy (non-hydrogen) atoms. The second kappa shape index (κ2) is 4.28. The fraction of sp³-hybridized carbons (Fsp3) is 0.200. The molecule has 0 aliphatic rings. The topological polar surface area (TPSA) is 30.7 Å². The van der Waals surface area contributed by atoms with Crippen molar-refractivity contribution in [1.82, 2.24) is 14.8 Å². The summed E-state index contributed by atoms with van der Waals surface area (Å²) in [6.45, 7) is 2.09. The Kier molecular flexibility index (Phi) is 2.84. The third-order valence-corrected chi connectivity index (χ3v) is 2.50. The molecule has 0 radical (unpaired) electrons. The van der Waals surface area contributed by atoms with Crippen LogP contribution in [0.15, 0.2) is 41.8 Å². The molecule has 0 spiro atoms. The zero-order valence-corrected chi connectivity index (χ0v) is 8.74. The highest BCUT2D eigenvalue weighted by atomic mass is 32.2. The monoisotopic (exact) mass is 205 g/mol. The van der Waals surface area contributed by atoms with E-state index in [4.69, 9.17) is 0 Å². The van der Waals surface area contributed by atoms with Crippen molar-refractivity contribution in [3.63, 3.8) is 0 Å². The fourth-order valence-corrected chi connectivity index (χ4v) is 1.67. The van der Waals surface area contributed by atoms with Crippen LogP contribution in [0.1, 0.15) is 6.92 Å². The van der Waals surface area contributed by atoms with Gasteiger partial charge in [0.15, 0.2) is 0 Å². The van der Waals surface area contributed by atoms with Crippen LogP contribution in [0, 0.1) is 0 Å². The molecule has 0 amide bonds. The Hall–Kier alpha value is -1.29. The van der Waals surface area contributed by atoms with E-state index in [2.05, 4.69) is 17.0 Å². The predicted molar refractivity (Wildman–Crippen MR) is 57.8 cm³/mol. The smallest absolute Gasteiger partial charge is 0.208 e. The van der Waals surface area contributed by atoms with E-state index in [9.17, 15) is 0 Å². The summed E-state index contributed by atoms with van der Waals surface area (Å²) in [4.78, 5) is 4.20. The van der Waals surface area contributed by atoms with Crippen molar-refractivity contribution in [3.05, 3.63) is 36.7 Å². The van der Waals surface area contributed by atoms with Gasteiger partial charge < -0.3 is 0 Å². The van der Waals surface area contributed by atoms with Crippen LogP contribution in [-0.4, -0.2) is 20.5 Å². The van der Waals surface area contributed by atoms with E-state index in [0.29, 0.717) is 0 Å². The summed E-state index contributed by atoms with van der Waals surface area (Å²) in [5.74, 6) is 0.999. The lowest BCUT2D eigenvalue weighted by atomic mass is 10.3. The molecule has 0 saturated heterocycles. The number of benzene rings is 1. The van der Waals surface area contributed by atoms with Crippen LogP contribution in [0.3, 0.4) is 0 Å². The quantitative estimate of drug-likeness (QED) is 0.721. The second-order valence-corrected chi connectivity index (χ2v) is 3.97. The molecule has 0 saturated carbocycles. The van der Waals surface area contributed by atoms with Crippen LogP contribution in [0.5, 0.6) is 0 Å². The number of thioether (sulfide) groups is 1. The van der Waals surface area contributed by atoms with Gasteiger partial charge in [-0.25, -0.2) is 9.67 Å². The summed E-state index contributed by atoms with van der Waals surface area (Å²) in [5, 5.41) is 5.17. The van der Waals surface area contributed by atoms with Crippen molar-refractivity contribution in [2.45, 2.75) is 12.1 Å². The summed E-state index contributed by atoms with van der Waals surface area (Å²) in [5.41, 5.74) is 1.04. The molecule has 1 aromatic carbocycles. The standard InChI is InChI=1S/C10H11N3S/c1-2-14-10-11-8-13(12-10)9-6-4-3-5-7-9/h3-8H,2H2,1H3. The zero-order valence-electron chi connectivity index (χ0n) is 7.92. The van der Waals surface area contributed by atoms with Crippen molar-refractivity contribution in [2.75, 3.05) is 5.75 Å². The molecule has 2 aromatic rings. The predicted octanol–water partition coefficient (Wildman–Crippen LogP) is 2.38. The number of hydrogen-bond donors (Lipinski definition) is 0. The first-order chi connectivity index (χ1) is 6.90. The van der Waals surface area contributed by atoms with E-state index in [1.54, 1.807) is 22.8 Å². The first kappa shape index (κ1) is 9.27. The van der Waals surface area contributed by atoms with Gasteiger partial charge in [-0.2, -0.15) is 0 Å². The Morgan fingerprint density at radius 1 is 1.29 bits per heavy atom. The van der Waals surface area contributed by atoms with Gasteiger partial charge >= 0.3 is 0 Å². The highest BCUT2D eigenvalue weighted by Gasteiger charge is 2.00. The lowest BCUT2D eigenvalue weighted by Crippen LogP contribution is -1.93. The maximum absolute atomic E-state index is 4.34. The molecule has 0 fully saturated rings. The first-order valence-electron chi connectivity index (χ1n) is 4.50. The van der Waals surface area contributed by atoms with Crippen LogP contribution < -0.4 is 0 Å². The maximum atomic E-state index is 4.34. The van der Waals surface area contributed by atoms with Gasteiger partial charge in [-0.1, -0.05) is 36.9 Å². The Labute approximate surface area is 87.2 Å². The number of para-hydroxylation sites is 1. The maximum Gasteiger partial charge on any atom is 0.208 e. The summed E-state index contributed by atoms with van der Waals surface area (Å²) in [6.07, 6.45) is 1.74. The normalized spacial score (nSPS) is 10.4. The molecular formula is C10H11N3S. The summed E-state index contributed by atoms with van der Waals surface area (Å²) in [6, 6.07) is 9.99. The number of aromatic nitrogens is 3. The van der Waals surface area contributed by atoms with Gasteiger partial charge in [0.1, 0.15) is 6.33 Å². The molecule has 0 N–H and O–H groups in total. The zero-order chi connectivity index (χ0) is 9.80. The Morgan fingerprint density at radius 3 is 2.79 bits per heavy atom. The molecule has 0 aliphatic heterocycles. The van der Waals surface area contributed by atoms with Crippen LogP contribution in [0.4, 0.5) is 0 Å². The fourth-order valence-electron chi connectivity index (χ4n) is 1.15. The van der Waals surface area contributed by atoms with Crippen LogP contribution in [-0.2, 0) is 0 Å². The minimum absolute atomic E-state index is 0.830. The SMILES string of the molecule is CCSc1ncn(-c2ccccc2)n1. The number of nitrogens with zero attached hydrogens (tertiary/aromatic N) is 3. The van der Waals surface area contributed by atoms with Gasteiger partial charge in [0.25, 0.3) is 0 Å². The highest BCUT2D eigenvalue weighted by Crippen LogP contribution is 2.12. The molecule has 1 heterocycles. The average Bonchev–Trinajstić information content (AvgIpc) is 2.68. The van der Waals surface area contributed by atoms with Crippen molar-refractivity contribution in [1.29, 1.82) is 0 Å². The average molecular weight is 205 g/mol. The minimum Gasteiger partial charge on any atom is -0.220 e. The van der Waals surface area contributed by atoms with E-state index in [0.717, 1.165) is 16.6 Å². The third-order valence-electron chi connectivity index (χ3n) is 1.77. The van der Waals surface area contributed by atoms with Crippen molar-refractivity contribution < 1.29 is 0 Å². The van der Waals surface area contributed by atoms with Crippen LogP contribution >= 0.6 is 11.8 Å². The molecular weight excluding hydrogens is 194 g/mol. The molecule has 2 rings (SSSR count). The molecule has 0 atom stereocenters. The molecule has 0 bridgehead atoms. The third kappa shape index (κ3) is 1.96. The molecule has 1 aromatic heterocycles. The van der Waals surface area contributed by atoms with Gasteiger partial charge in [0, 0.05) is 0 Å². The van der Waals surface area contributed by atoms with Gasteiger partial charge in [-0.3, -0.25) is 0 Å². The summed E-state index contributed by atoms with van der Waals surface area (Å²) >= 11 is 1.65. The Balaban J connectivity index is 2.25. The molecule has 0 unspecified atom stereocenters. The summed E-state index contributed by atoms with van der Waals surface area (Å²) in [7, 11) is 0. The van der Waals surface area contributed by atoms with E-state index in [1.807, 2.05) is 30.3 Å². The van der Waals surface area contributed by atoms with Crippen molar-refractivity contribution in [3.8, 4) is 5.69 Å². The first-order valence-corrected chi connectivity index (χ1v) is 5.48. The van der Waals surface area contributed by atoms with Gasteiger partial charge in [0.2, 0.25) is 5.16 Å². The highest BCUT2D eigenvalue weighted by molar-refractivity contribution is 7.99. The van der Waals surface area contributed by atoms with E-state index >= 15 is 0 Å². The van der Waals surface area contributed by atoms with Gasteiger partial charge in [0.05, 0.1) is 5.69 Å². The number of hydrogen-bond acceptors (Lipinski definition) is 3.